The fraction of sp³-hybridized carbons (Fsp3) is 0.348. The van der Waals surface area contributed by atoms with E-state index in [4.69, 9.17) is 21.1 Å². The van der Waals surface area contributed by atoms with Crippen LogP contribution < -0.4 is 15.4 Å². The number of carbonyl (C=O) groups excluding carboxylic acids is 3. The molecule has 1 unspecified atom stereocenters. The van der Waals surface area contributed by atoms with E-state index in [0.717, 1.165) is 0 Å². The van der Waals surface area contributed by atoms with Gasteiger partial charge in [0.05, 0.1) is 13.7 Å². The first-order valence-corrected chi connectivity index (χ1v) is 10.7. The number of anilines is 1. The summed E-state index contributed by atoms with van der Waals surface area (Å²) in [5.74, 6) is -0.126. The summed E-state index contributed by atoms with van der Waals surface area (Å²) in [6, 6.07) is 12.2. The van der Waals surface area contributed by atoms with Gasteiger partial charge in [-0.05, 0) is 55.8 Å². The average molecular weight is 462 g/mol. The predicted molar refractivity (Wildman–Crippen MR) is 123 cm³/mol. The standard InChI is InChI=1S/C23H28ClN3O5/c1-4-27(21(22(29)32-5-2)16-6-8-17(24)9-7-16)20(28)14-15-25-23(30)26-18-10-12-19(31-3)13-11-18/h6-13,21H,4-5,14-15H2,1-3H3,(H2,25,26,30). The van der Waals surface area contributed by atoms with Crippen molar-refractivity contribution in [1.29, 1.82) is 0 Å². The third-order valence-electron chi connectivity index (χ3n) is 4.64. The maximum absolute atomic E-state index is 12.9. The van der Waals surface area contributed by atoms with Gasteiger partial charge in [-0.1, -0.05) is 23.7 Å². The summed E-state index contributed by atoms with van der Waals surface area (Å²) in [6.07, 6.45) is 0.0212. The van der Waals surface area contributed by atoms with E-state index in [1.165, 1.54) is 4.90 Å². The Labute approximate surface area is 192 Å². The lowest BCUT2D eigenvalue weighted by Gasteiger charge is -2.29. The van der Waals surface area contributed by atoms with Crippen LogP contribution in [0.1, 0.15) is 31.9 Å². The van der Waals surface area contributed by atoms with E-state index in [2.05, 4.69) is 10.6 Å². The number of hydrogen-bond acceptors (Lipinski definition) is 5. The number of hydrogen-bond donors (Lipinski definition) is 2. The minimum Gasteiger partial charge on any atom is -0.497 e. The van der Waals surface area contributed by atoms with Crippen LogP contribution in [-0.4, -0.2) is 49.6 Å². The number of amides is 3. The molecule has 0 fully saturated rings. The molecule has 2 aromatic carbocycles. The van der Waals surface area contributed by atoms with Crippen LogP contribution in [-0.2, 0) is 14.3 Å². The molecule has 0 saturated carbocycles. The second kappa shape index (κ2) is 12.6. The van der Waals surface area contributed by atoms with Gasteiger partial charge >= 0.3 is 12.0 Å². The van der Waals surface area contributed by atoms with Crippen LogP contribution in [0.15, 0.2) is 48.5 Å². The highest BCUT2D eigenvalue weighted by molar-refractivity contribution is 6.30. The Hall–Kier alpha value is -3.26. The van der Waals surface area contributed by atoms with Gasteiger partial charge in [-0.25, -0.2) is 9.59 Å². The van der Waals surface area contributed by atoms with Gasteiger partial charge in [0.15, 0.2) is 6.04 Å². The SMILES string of the molecule is CCOC(=O)C(c1ccc(Cl)cc1)N(CC)C(=O)CCNC(=O)Nc1ccc(OC)cc1. The normalized spacial score (nSPS) is 11.2. The lowest BCUT2D eigenvalue weighted by Crippen LogP contribution is -2.41. The largest absolute Gasteiger partial charge is 0.497 e. The first-order chi connectivity index (χ1) is 15.4. The maximum atomic E-state index is 12.9. The van der Waals surface area contributed by atoms with Crippen molar-refractivity contribution in [3.63, 3.8) is 0 Å². The van der Waals surface area contributed by atoms with Crippen LogP contribution in [0.3, 0.4) is 0 Å². The Bertz CT molecular complexity index is 903. The number of likely N-dealkylation sites (N-methyl/N-ethyl adjacent to an activating group) is 1. The molecular formula is C23H28ClN3O5. The molecule has 0 spiro atoms. The van der Waals surface area contributed by atoms with Gasteiger partial charge in [0, 0.05) is 30.2 Å². The summed E-state index contributed by atoms with van der Waals surface area (Å²) >= 11 is 5.96. The number of urea groups is 1. The molecule has 2 N–H and O–H groups in total. The van der Waals surface area contributed by atoms with E-state index in [0.29, 0.717) is 28.6 Å². The Morgan fingerprint density at radius 1 is 1.03 bits per heavy atom. The van der Waals surface area contributed by atoms with Gasteiger partial charge in [-0.15, -0.1) is 0 Å². The Balaban J connectivity index is 1.98. The summed E-state index contributed by atoms with van der Waals surface area (Å²) in [6.45, 7) is 4.09. The summed E-state index contributed by atoms with van der Waals surface area (Å²) < 4.78 is 10.3. The predicted octanol–water partition coefficient (Wildman–Crippen LogP) is 4.01. The molecule has 9 heteroatoms. The zero-order chi connectivity index (χ0) is 23.5. The topological polar surface area (TPSA) is 97.0 Å². The molecule has 0 bridgehead atoms. The molecule has 0 heterocycles. The van der Waals surface area contributed by atoms with Crippen molar-refractivity contribution < 1.29 is 23.9 Å². The van der Waals surface area contributed by atoms with Gasteiger partial charge < -0.3 is 25.0 Å². The van der Waals surface area contributed by atoms with E-state index in [9.17, 15) is 14.4 Å². The molecule has 3 amide bonds. The minimum atomic E-state index is -0.891. The number of halogens is 1. The Morgan fingerprint density at radius 3 is 2.25 bits per heavy atom. The third-order valence-corrected chi connectivity index (χ3v) is 4.89. The second-order valence-corrected chi connectivity index (χ2v) is 7.18. The Kier molecular flexibility index (Phi) is 9.81. The number of nitrogens with one attached hydrogen (secondary N) is 2. The number of ether oxygens (including phenoxy) is 2. The number of methoxy groups -OCH3 is 1. The number of carbonyl (C=O) groups is 3. The third kappa shape index (κ3) is 7.16. The first kappa shape index (κ1) is 25.0. The van der Waals surface area contributed by atoms with Crippen LogP contribution in [0, 0.1) is 0 Å². The second-order valence-electron chi connectivity index (χ2n) is 6.75. The van der Waals surface area contributed by atoms with Crippen molar-refractivity contribution in [3.8, 4) is 5.75 Å². The van der Waals surface area contributed by atoms with E-state index in [-0.39, 0.29) is 25.5 Å². The Morgan fingerprint density at radius 2 is 1.69 bits per heavy atom. The molecule has 0 aliphatic heterocycles. The molecule has 172 valence electrons. The van der Waals surface area contributed by atoms with E-state index >= 15 is 0 Å². The first-order valence-electron chi connectivity index (χ1n) is 10.3. The molecule has 0 radical (unpaired) electrons. The summed E-state index contributed by atoms with van der Waals surface area (Å²) in [5, 5.41) is 5.86. The highest BCUT2D eigenvalue weighted by Gasteiger charge is 2.31. The van der Waals surface area contributed by atoms with Gasteiger partial charge in [0.2, 0.25) is 5.91 Å². The van der Waals surface area contributed by atoms with Crippen molar-refractivity contribution in [3.05, 3.63) is 59.1 Å². The zero-order valence-corrected chi connectivity index (χ0v) is 19.1. The molecule has 0 aliphatic carbocycles. The summed E-state index contributed by atoms with van der Waals surface area (Å²) in [5.41, 5.74) is 1.20. The smallest absolute Gasteiger partial charge is 0.333 e. The van der Waals surface area contributed by atoms with Crippen LogP contribution in [0.2, 0.25) is 5.02 Å². The molecule has 2 aromatic rings. The van der Waals surface area contributed by atoms with Crippen molar-refractivity contribution in [2.45, 2.75) is 26.3 Å². The highest BCUT2D eigenvalue weighted by Crippen LogP contribution is 2.25. The van der Waals surface area contributed by atoms with Gasteiger partial charge in [-0.2, -0.15) is 0 Å². The van der Waals surface area contributed by atoms with Crippen molar-refractivity contribution in [2.75, 3.05) is 32.1 Å². The van der Waals surface area contributed by atoms with Gasteiger partial charge in [0.25, 0.3) is 0 Å². The lowest BCUT2D eigenvalue weighted by molar-refractivity contribution is -0.155. The number of esters is 1. The number of benzene rings is 2. The number of nitrogens with zero attached hydrogens (tertiary/aromatic N) is 1. The molecule has 32 heavy (non-hydrogen) atoms. The van der Waals surface area contributed by atoms with Crippen molar-refractivity contribution >= 4 is 35.2 Å². The lowest BCUT2D eigenvalue weighted by atomic mass is 10.0. The van der Waals surface area contributed by atoms with Crippen LogP contribution in [0.5, 0.6) is 5.75 Å². The quantitative estimate of drug-likeness (QED) is 0.521. The van der Waals surface area contributed by atoms with E-state index < -0.39 is 18.0 Å². The molecule has 0 aromatic heterocycles. The summed E-state index contributed by atoms with van der Waals surface area (Å²) in [4.78, 5) is 39.0. The fourth-order valence-corrected chi connectivity index (χ4v) is 3.21. The zero-order valence-electron chi connectivity index (χ0n) is 18.4. The van der Waals surface area contributed by atoms with Crippen LogP contribution in [0.4, 0.5) is 10.5 Å². The highest BCUT2D eigenvalue weighted by atomic mass is 35.5. The average Bonchev–Trinajstić information content (AvgIpc) is 2.78. The van der Waals surface area contributed by atoms with Gasteiger partial charge in [-0.3, -0.25) is 4.79 Å². The van der Waals surface area contributed by atoms with Crippen LogP contribution in [0.25, 0.3) is 0 Å². The van der Waals surface area contributed by atoms with Crippen molar-refractivity contribution in [2.24, 2.45) is 0 Å². The molecule has 8 nitrogen and oxygen atoms in total. The monoisotopic (exact) mass is 461 g/mol. The molecular weight excluding hydrogens is 434 g/mol. The minimum absolute atomic E-state index is 0.0212. The maximum Gasteiger partial charge on any atom is 0.333 e. The van der Waals surface area contributed by atoms with Gasteiger partial charge in [0.1, 0.15) is 5.75 Å². The van der Waals surface area contributed by atoms with E-state index in [1.807, 2.05) is 0 Å². The number of rotatable bonds is 10. The van der Waals surface area contributed by atoms with E-state index in [1.54, 1.807) is 69.5 Å². The summed E-state index contributed by atoms with van der Waals surface area (Å²) in [7, 11) is 1.56. The molecule has 0 saturated heterocycles. The fourth-order valence-electron chi connectivity index (χ4n) is 3.09. The van der Waals surface area contributed by atoms with Crippen molar-refractivity contribution in [1.82, 2.24) is 10.2 Å². The molecule has 0 aliphatic rings. The molecule has 2 rings (SSSR count). The van der Waals surface area contributed by atoms with Crippen LogP contribution >= 0.6 is 11.6 Å². The molecule has 1 atom stereocenters.